The number of nitrogens with one attached hydrogen (secondary N) is 1. The molecule has 0 amide bonds. The minimum atomic E-state index is -0.481. The molecular formula is C12H19ClN4O3. The number of aromatic nitrogens is 3. The summed E-state index contributed by atoms with van der Waals surface area (Å²) >= 11 is 5.87. The Morgan fingerprint density at radius 1 is 1.35 bits per heavy atom. The maximum absolute atomic E-state index is 9.63. The molecule has 1 aromatic rings. The maximum Gasteiger partial charge on any atom is 0.322 e. The molecule has 1 aliphatic rings. The Labute approximate surface area is 122 Å². The van der Waals surface area contributed by atoms with Crippen LogP contribution in [0.5, 0.6) is 6.01 Å². The van der Waals surface area contributed by atoms with Gasteiger partial charge < -0.3 is 19.9 Å². The van der Waals surface area contributed by atoms with Gasteiger partial charge in [-0.05, 0) is 30.9 Å². The highest BCUT2D eigenvalue weighted by atomic mass is 35.5. The van der Waals surface area contributed by atoms with Crippen LogP contribution >= 0.6 is 11.6 Å². The van der Waals surface area contributed by atoms with Crippen LogP contribution in [-0.4, -0.2) is 52.0 Å². The van der Waals surface area contributed by atoms with Crippen LogP contribution in [0, 0.1) is 0 Å². The van der Waals surface area contributed by atoms with Crippen molar-refractivity contribution in [3.63, 3.8) is 0 Å². The summed E-state index contributed by atoms with van der Waals surface area (Å²) in [5, 5.41) is 12.8. The van der Waals surface area contributed by atoms with Crippen molar-refractivity contribution >= 4 is 17.5 Å². The van der Waals surface area contributed by atoms with Crippen LogP contribution in [0.15, 0.2) is 0 Å². The van der Waals surface area contributed by atoms with Gasteiger partial charge in [-0.1, -0.05) is 6.92 Å². The normalized spacial score (nSPS) is 17.8. The molecule has 2 heterocycles. The molecular weight excluding hydrogens is 284 g/mol. The molecule has 0 aliphatic carbocycles. The fraction of sp³-hybridized carbons (Fsp3) is 0.750. The van der Waals surface area contributed by atoms with Crippen molar-refractivity contribution < 1.29 is 14.6 Å². The van der Waals surface area contributed by atoms with E-state index >= 15 is 0 Å². The van der Waals surface area contributed by atoms with Gasteiger partial charge in [-0.25, -0.2) is 0 Å². The summed E-state index contributed by atoms with van der Waals surface area (Å²) in [5.74, 6) is 0.312. The first-order valence-electron chi connectivity index (χ1n) is 6.68. The lowest BCUT2D eigenvalue weighted by Gasteiger charge is -2.36. The lowest BCUT2D eigenvalue weighted by atomic mass is 9.91. The van der Waals surface area contributed by atoms with E-state index in [0.717, 1.165) is 6.42 Å². The zero-order chi connectivity index (χ0) is 14.4. The summed E-state index contributed by atoms with van der Waals surface area (Å²) in [6.07, 6.45) is 2.21. The summed E-state index contributed by atoms with van der Waals surface area (Å²) in [5.41, 5.74) is -0.481. The van der Waals surface area contributed by atoms with Crippen molar-refractivity contribution in [3.05, 3.63) is 5.28 Å². The van der Waals surface area contributed by atoms with Crippen molar-refractivity contribution in [1.82, 2.24) is 15.0 Å². The molecule has 0 spiro atoms. The third-order valence-corrected chi connectivity index (χ3v) is 3.32. The topological polar surface area (TPSA) is 89.4 Å². The molecule has 0 unspecified atom stereocenters. The average Bonchev–Trinajstić information content (AvgIpc) is 2.45. The Hall–Kier alpha value is -1.18. The fourth-order valence-electron chi connectivity index (χ4n) is 1.97. The number of ether oxygens (including phenoxy) is 2. The predicted molar refractivity (Wildman–Crippen MR) is 74.1 cm³/mol. The van der Waals surface area contributed by atoms with Gasteiger partial charge in [0.05, 0.1) is 18.8 Å². The molecule has 0 atom stereocenters. The molecule has 1 saturated heterocycles. The van der Waals surface area contributed by atoms with E-state index in [1.807, 2.05) is 6.92 Å². The van der Waals surface area contributed by atoms with Crippen LogP contribution in [0.2, 0.25) is 5.28 Å². The van der Waals surface area contributed by atoms with Crippen LogP contribution in [0.3, 0.4) is 0 Å². The Morgan fingerprint density at radius 3 is 2.75 bits per heavy atom. The molecule has 0 saturated carbocycles. The molecule has 0 aromatic carbocycles. The average molecular weight is 303 g/mol. The standard InChI is InChI=1S/C12H19ClN4O3/c1-2-5-20-11-15-9(13)14-10(16-11)17-12(8-18)3-6-19-7-4-12/h18H,2-8H2,1H3,(H,14,15,16,17). The number of aliphatic hydroxyl groups excluding tert-OH is 1. The molecule has 8 heteroatoms. The van der Waals surface area contributed by atoms with Gasteiger partial charge in [-0.2, -0.15) is 15.0 Å². The second-order valence-corrected chi connectivity index (χ2v) is 5.07. The van der Waals surface area contributed by atoms with Crippen LogP contribution in [0.25, 0.3) is 0 Å². The van der Waals surface area contributed by atoms with E-state index in [1.165, 1.54) is 0 Å². The molecule has 7 nitrogen and oxygen atoms in total. The number of nitrogens with zero attached hydrogens (tertiary/aromatic N) is 3. The third kappa shape index (κ3) is 3.91. The summed E-state index contributed by atoms with van der Waals surface area (Å²) < 4.78 is 10.7. The molecule has 1 fully saturated rings. The van der Waals surface area contributed by atoms with E-state index in [1.54, 1.807) is 0 Å². The van der Waals surface area contributed by atoms with Crippen molar-refractivity contribution in [2.24, 2.45) is 0 Å². The fourth-order valence-corrected chi connectivity index (χ4v) is 2.12. The minimum Gasteiger partial charge on any atom is -0.463 e. The van der Waals surface area contributed by atoms with Crippen molar-refractivity contribution in [2.75, 3.05) is 31.7 Å². The SMILES string of the molecule is CCCOc1nc(Cl)nc(NC2(CO)CCOCC2)n1. The highest BCUT2D eigenvalue weighted by Gasteiger charge is 2.33. The van der Waals surface area contributed by atoms with E-state index < -0.39 is 5.54 Å². The van der Waals surface area contributed by atoms with E-state index in [-0.39, 0.29) is 17.9 Å². The molecule has 2 rings (SSSR count). The van der Waals surface area contributed by atoms with Gasteiger partial charge in [0.25, 0.3) is 0 Å². The highest BCUT2D eigenvalue weighted by molar-refractivity contribution is 6.28. The molecule has 1 aromatic heterocycles. The lowest BCUT2D eigenvalue weighted by molar-refractivity contribution is 0.0376. The molecule has 112 valence electrons. The molecule has 2 N–H and O–H groups in total. The van der Waals surface area contributed by atoms with Crippen molar-refractivity contribution in [1.29, 1.82) is 0 Å². The summed E-state index contributed by atoms with van der Waals surface area (Å²) in [7, 11) is 0. The zero-order valence-electron chi connectivity index (χ0n) is 11.4. The van der Waals surface area contributed by atoms with Gasteiger partial charge in [0.1, 0.15) is 0 Å². The first-order valence-corrected chi connectivity index (χ1v) is 7.06. The molecule has 1 aliphatic heterocycles. The third-order valence-electron chi connectivity index (χ3n) is 3.15. The number of aliphatic hydroxyl groups is 1. The minimum absolute atomic E-state index is 0.0230. The van der Waals surface area contributed by atoms with E-state index in [4.69, 9.17) is 21.1 Å². The Morgan fingerprint density at radius 2 is 2.10 bits per heavy atom. The first kappa shape index (κ1) is 15.2. The first-order chi connectivity index (χ1) is 9.67. The summed E-state index contributed by atoms with van der Waals surface area (Å²) in [6.45, 7) is 3.66. The molecule has 20 heavy (non-hydrogen) atoms. The van der Waals surface area contributed by atoms with Crippen LogP contribution in [-0.2, 0) is 4.74 Å². The van der Waals surface area contributed by atoms with Crippen LogP contribution in [0.1, 0.15) is 26.2 Å². The monoisotopic (exact) mass is 302 g/mol. The largest absolute Gasteiger partial charge is 0.463 e. The number of rotatable bonds is 6. The number of hydrogen-bond donors (Lipinski definition) is 2. The Balaban J connectivity index is 2.12. The van der Waals surface area contributed by atoms with Gasteiger partial charge in [0, 0.05) is 13.2 Å². The van der Waals surface area contributed by atoms with E-state index in [0.29, 0.717) is 38.6 Å². The van der Waals surface area contributed by atoms with Crippen molar-refractivity contribution in [3.8, 4) is 6.01 Å². The second kappa shape index (κ2) is 7.01. The van der Waals surface area contributed by atoms with E-state index in [9.17, 15) is 5.11 Å². The lowest BCUT2D eigenvalue weighted by Crippen LogP contribution is -2.47. The van der Waals surface area contributed by atoms with Gasteiger partial charge in [-0.15, -0.1) is 0 Å². The number of hydrogen-bond acceptors (Lipinski definition) is 7. The predicted octanol–water partition coefficient (Wildman–Crippen LogP) is 1.27. The van der Waals surface area contributed by atoms with E-state index in [2.05, 4.69) is 20.3 Å². The summed E-state index contributed by atoms with van der Waals surface area (Å²) in [6, 6.07) is 0.189. The Kier molecular flexibility index (Phi) is 5.33. The van der Waals surface area contributed by atoms with Gasteiger partial charge >= 0.3 is 6.01 Å². The molecule has 0 bridgehead atoms. The van der Waals surface area contributed by atoms with Crippen molar-refractivity contribution in [2.45, 2.75) is 31.7 Å². The quantitative estimate of drug-likeness (QED) is 0.818. The van der Waals surface area contributed by atoms with Crippen LogP contribution in [0.4, 0.5) is 5.95 Å². The van der Waals surface area contributed by atoms with Crippen LogP contribution < -0.4 is 10.1 Å². The molecule has 0 radical (unpaired) electrons. The smallest absolute Gasteiger partial charge is 0.322 e. The van der Waals surface area contributed by atoms with Gasteiger partial charge in [0.15, 0.2) is 0 Å². The second-order valence-electron chi connectivity index (χ2n) is 4.73. The number of halogens is 1. The Bertz CT molecular complexity index is 441. The maximum atomic E-state index is 9.63. The number of anilines is 1. The summed E-state index contributed by atoms with van der Waals surface area (Å²) in [4.78, 5) is 12.1. The highest BCUT2D eigenvalue weighted by Crippen LogP contribution is 2.25. The van der Waals surface area contributed by atoms with Gasteiger partial charge in [0.2, 0.25) is 11.2 Å². The van der Waals surface area contributed by atoms with Gasteiger partial charge in [-0.3, -0.25) is 0 Å². The zero-order valence-corrected chi connectivity index (χ0v) is 12.2.